The number of hydrogen-bond acceptors (Lipinski definition) is 3. The summed E-state index contributed by atoms with van der Waals surface area (Å²) in [5.74, 6) is 0.728. The molecular weight excluding hydrogens is 176 g/mol. The molecule has 3 heteroatoms. The molecule has 0 unspecified atom stereocenters. The molecule has 14 heavy (non-hydrogen) atoms. The van der Waals surface area contributed by atoms with E-state index in [9.17, 15) is 0 Å². The predicted octanol–water partition coefficient (Wildman–Crippen LogP) is 1.56. The Balaban J connectivity index is 1.67. The Hall–Kier alpha value is -1.09. The highest BCUT2D eigenvalue weighted by Crippen LogP contribution is 2.07. The van der Waals surface area contributed by atoms with Crippen LogP contribution in [-0.2, 0) is 0 Å². The fourth-order valence-corrected chi connectivity index (χ4v) is 1.72. The summed E-state index contributed by atoms with van der Waals surface area (Å²) in [5, 5.41) is 0. The molecule has 0 spiro atoms. The van der Waals surface area contributed by atoms with Gasteiger partial charge in [0.1, 0.15) is 6.61 Å². The lowest BCUT2D eigenvalue weighted by Crippen LogP contribution is -2.25. The van der Waals surface area contributed by atoms with Crippen LogP contribution in [0.1, 0.15) is 12.8 Å². The van der Waals surface area contributed by atoms with Gasteiger partial charge in [-0.3, -0.25) is 4.90 Å². The molecule has 0 bridgehead atoms. The third kappa shape index (κ3) is 2.70. The van der Waals surface area contributed by atoms with Crippen LogP contribution < -0.4 is 4.74 Å². The first-order chi connectivity index (χ1) is 6.95. The second-order valence-electron chi connectivity index (χ2n) is 3.57. The van der Waals surface area contributed by atoms with Gasteiger partial charge >= 0.3 is 0 Å². The molecule has 3 nitrogen and oxygen atoms in total. The maximum atomic E-state index is 5.52. The molecule has 1 fully saturated rings. The second-order valence-corrected chi connectivity index (χ2v) is 3.57. The van der Waals surface area contributed by atoms with Gasteiger partial charge in [0.2, 0.25) is 5.88 Å². The average molecular weight is 192 g/mol. The van der Waals surface area contributed by atoms with E-state index in [0.29, 0.717) is 0 Å². The van der Waals surface area contributed by atoms with E-state index in [-0.39, 0.29) is 0 Å². The molecule has 0 aromatic carbocycles. The van der Waals surface area contributed by atoms with Crippen molar-refractivity contribution in [1.29, 1.82) is 0 Å². The first kappa shape index (κ1) is 9.46. The maximum Gasteiger partial charge on any atom is 0.213 e. The number of rotatable bonds is 4. The van der Waals surface area contributed by atoms with E-state index in [1.54, 1.807) is 6.20 Å². The van der Waals surface area contributed by atoms with Crippen LogP contribution in [0.3, 0.4) is 0 Å². The molecule has 1 aliphatic heterocycles. The molecule has 1 aliphatic rings. The Morgan fingerprint density at radius 1 is 1.29 bits per heavy atom. The van der Waals surface area contributed by atoms with E-state index in [1.165, 1.54) is 25.9 Å². The minimum atomic E-state index is 0.728. The fraction of sp³-hybridized carbons (Fsp3) is 0.545. The van der Waals surface area contributed by atoms with Crippen molar-refractivity contribution in [2.24, 2.45) is 0 Å². The van der Waals surface area contributed by atoms with E-state index in [0.717, 1.165) is 19.0 Å². The first-order valence-corrected chi connectivity index (χ1v) is 5.21. The summed E-state index contributed by atoms with van der Waals surface area (Å²) in [6.07, 6.45) is 4.43. The summed E-state index contributed by atoms with van der Waals surface area (Å²) in [5.41, 5.74) is 0. The third-order valence-corrected chi connectivity index (χ3v) is 2.49. The highest BCUT2D eigenvalue weighted by Gasteiger charge is 2.10. The lowest BCUT2D eigenvalue weighted by atomic mass is 10.4. The topological polar surface area (TPSA) is 25.4 Å². The van der Waals surface area contributed by atoms with Gasteiger partial charge < -0.3 is 4.74 Å². The van der Waals surface area contributed by atoms with E-state index < -0.39 is 0 Å². The molecule has 2 rings (SSSR count). The smallest absolute Gasteiger partial charge is 0.213 e. The van der Waals surface area contributed by atoms with E-state index in [1.807, 2.05) is 18.2 Å². The molecule has 0 N–H and O–H groups in total. The first-order valence-electron chi connectivity index (χ1n) is 5.21. The van der Waals surface area contributed by atoms with E-state index in [4.69, 9.17) is 4.74 Å². The van der Waals surface area contributed by atoms with Gasteiger partial charge in [0.05, 0.1) is 0 Å². The lowest BCUT2D eigenvalue weighted by molar-refractivity contribution is 0.232. The van der Waals surface area contributed by atoms with Gasteiger partial charge in [0, 0.05) is 18.8 Å². The number of hydrogen-bond donors (Lipinski definition) is 0. The van der Waals surface area contributed by atoms with E-state index in [2.05, 4.69) is 9.88 Å². The van der Waals surface area contributed by atoms with Crippen molar-refractivity contribution >= 4 is 0 Å². The summed E-state index contributed by atoms with van der Waals surface area (Å²) in [6.45, 7) is 4.23. The zero-order chi connectivity index (χ0) is 9.64. The van der Waals surface area contributed by atoms with Gasteiger partial charge in [-0.05, 0) is 32.0 Å². The normalized spacial score (nSPS) is 17.1. The summed E-state index contributed by atoms with van der Waals surface area (Å²) >= 11 is 0. The average Bonchev–Trinajstić information content (AvgIpc) is 2.72. The van der Waals surface area contributed by atoms with Crippen molar-refractivity contribution in [3.05, 3.63) is 24.4 Å². The number of likely N-dealkylation sites (tertiary alicyclic amines) is 1. The van der Waals surface area contributed by atoms with Gasteiger partial charge in [-0.15, -0.1) is 0 Å². The highest BCUT2D eigenvalue weighted by molar-refractivity contribution is 5.08. The predicted molar refractivity (Wildman–Crippen MR) is 55.4 cm³/mol. The molecule has 0 amide bonds. The zero-order valence-electron chi connectivity index (χ0n) is 8.35. The molecule has 0 atom stereocenters. The van der Waals surface area contributed by atoms with Crippen LogP contribution in [0.25, 0.3) is 0 Å². The van der Waals surface area contributed by atoms with Crippen LogP contribution in [-0.4, -0.2) is 36.1 Å². The minimum absolute atomic E-state index is 0.728. The fourth-order valence-electron chi connectivity index (χ4n) is 1.72. The van der Waals surface area contributed by atoms with E-state index >= 15 is 0 Å². The van der Waals surface area contributed by atoms with Gasteiger partial charge in [0.25, 0.3) is 0 Å². The molecule has 0 radical (unpaired) electrons. The second kappa shape index (κ2) is 4.96. The maximum absolute atomic E-state index is 5.52. The Labute approximate surface area is 84.7 Å². The van der Waals surface area contributed by atoms with Crippen LogP contribution >= 0.6 is 0 Å². The number of ether oxygens (including phenoxy) is 1. The van der Waals surface area contributed by atoms with Crippen molar-refractivity contribution in [3.63, 3.8) is 0 Å². The Morgan fingerprint density at radius 2 is 2.14 bits per heavy atom. The number of aromatic nitrogens is 1. The lowest BCUT2D eigenvalue weighted by Gasteiger charge is -2.14. The monoisotopic (exact) mass is 192 g/mol. The van der Waals surface area contributed by atoms with Crippen molar-refractivity contribution < 1.29 is 4.74 Å². The molecule has 1 aromatic heterocycles. The van der Waals surface area contributed by atoms with Gasteiger partial charge in [-0.1, -0.05) is 6.07 Å². The van der Waals surface area contributed by atoms with Crippen LogP contribution in [0, 0.1) is 0 Å². The zero-order valence-corrected chi connectivity index (χ0v) is 8.35. The Morgan fingerprint density at radius 3 is 2.86 bits per heavy atom. The van der Waals surface area contributed by atoms with Crippen LogP contribution in [0.15, 0.2) is 24.4 Å². The quantitative estimate of drug-likeness (QED) is 0.724. The van der Waals surface area contributed by atoms with Gasteiger partial charge in [0.15, 0.2) is 0 Å². The van der Waals surface area contributed by atoms with Crippen LogP contribution in [0.4, 0.5) is 0 Å². The number of pyridine rings is 1. The van der Waals surface area contributed by atoms with Crippen LogP contribution in [0.2, 0.25) is 0 Å². The standard InChI is InChI=1S/C11H16N2O/c1-2-6-12-11(5-1)14-10-9-13-7-3-4-8-13/h1-2,5-6H,3-4,7-10H2. The SMILES string of the molecule is c1ccc(OCCN2CCCC2)nc1. The third-order valence-electron chi connectivity index (χ3n) is 2.49. The van der Waals surface area contributed by atoms with Crippen LogP contribution in [0.5, 0.6) is 5.88 Å². The van der Waals surface area contributed by atoms with Crippen molar-refractivity contribution in [1.82, 2.24) is 9.88 Å². The van der Waals surface area contributed by atoms with Crippen molar-refractivity contribution in [2.45, 2.75) is 12.8 Å². The molecule has 0 aliphatic carbocycles. The minimum Gasteiger partial charge on any atom is -0.476 e. The summed E-state index contributed by atoms with van der Waals surface area (Å²) in [4.78, 5) is 6.54. The van der Waals surface area contributed by atoms with Crippen molar-refractivity contribution in [2.75, 3.05) is 26.2 Å². The van der Waals surface area contributed by atoms with Gasteiger partial charge in [-0.2, -0.15) is 0 Å². The molecule has 1 saturated heterocycles. The molecule has 0 saturated carbocycles. The summed E-state index contributed by atoms with van der Waals surface area (Å²) in [7, 11) is 0. The highest BCUT2D eigenvalue weighted by atomic mass is 16.5. The van der Waals surface area contributed by atoms with Crippen molar-refractivity contribution in [3.8, 4) is 5.88 Å². The van der Waals surface area contributed by atoms with Gasteiger partial charge in [-0.25, -0.2) is 4.98 Å². The molecule has 76 valence electrons. The summed E-state index contributed by atoms with van der Waals surface area (Å²) < 4.78 is 5.52. The molecule has 2 heterocycles. The molecular formula is C11H16N2O. The Bertz CT molecular complexity index is 257. The largest absolute Gasteiger partial charge is 0.476 e. The summed E-state index contributed by atoms with van der Waals surface area (Å²) in [6, 6.07) is 5.73. The number of nitrogens with zero attached hydrogens (tertiary/aromatic N) is 2. The molecule has 1 aromatic rings. The Kier molecular flexibility index (Phi) is 3.35.